The average Bonchev–Trinajstić information content (AvgIpc) is 2.88. The molecule has 0 spiro atoms. The zero-order chi connectivity index (χ0) is 17.3. The molecule has 0 saturated heterocycles. The Morgan fingerprint density at radius 2 is 2.17 bits per heavy atom. The third kappa shape index (κ3) is 4.34. The molecule has 1 aliphatic rings. The molecule has 1 unspecified atom stereocenters. The molecule has 23 heavy (non-hydrogen) atoms. The minimum Gasteiger partial charge on any atom is -0.460 e. The number of carbonyl (C=O) groups excluding carboxylic acids is 1. The molecule has 1 heterocycles. The van der Waals surface area contributed by atoms with E-state index in [1.165, 1.54) is 0 Å². The summed E-state index contributed by atoms with van der Waals surface area (Å²) in [5.74, 6) is 0.433. The fraction of sp³-hybridized carbons (Fsp3) is 0.778. The minimum absolute atomic E-state index is 0.00194. The van der Waals surface area contributed by atoms with E-state index in [1.807, 2.05) is 37.7 Å². The van der Waals surface area contributed by atoms with E-state index < -0.39 is 5.60 Å². The highest BCUT2D eigenvalue weighted by molar-refractivity contribution is 5.75. The highest BCUT2D eigenvalue weighted by Crippen LogP contribution is 2.53. The van der Waals surface area contributed by atoms with Crippen LogP contribution in [0.1, 0.15) is 48.0 Å². The molecule has 1 N–H and O–H groups in total. The molecule has 130 valence electrons. The Kier molecular flexibility index (Phi) is 5.19. The van der Waals surface area contributed by atoms with Crippen LogP contribution in [-0.2, 0) is 16.1 Å². The average molecular weight is 321 g/mol. The lowest BCUT2D eigenvalue weighted by atomic mass is 9.52. The van der Waals surface area contributed by atoms with Crippen molar-refractivity contribution in [3.05, 3.63) is 18.5 Å². The molecule has 1 aromatic rings. The van der Waals surface area contributed by atoms with E-state index in [9.17, 15) is 4.79 Å². The van der Waals surface area contributed by atoms with Crippen molar-refractivity contribution >= 4 is 5.97 Å². The summed E-state index contributed by atoms with van der Waals surface area (Å²) in [7, 11) is 0. The van der Waals surface area contributed by atoms with Crippen molar-refractivity contribution in [2.24, 2.45) is 17.3 Å². The normalized spacial score (nSPS) is 24.8. The van der Waals surface area contributed by atoms with Crippen molar-refractivity contribution < 1.29 is 9.53 Å². The third-order valence-electron chi connectivity index (χ3n) is 5.00. The molecule has 0 radical (unpaired) electrons. The molecule has 5 nitrogen and oxygen atoms in total. The van der Waals surface area contributed by atoms with Gasteiger partial charge in [-0.1, -0.05) is 13.8 Å². The van der Waals surface area contributed by atoms with Gasteiger partial charge < -0.3 is 10.1 Å². The Morgan fingerprint density at radius 1 is 1.48 bits per heavy atom. The number of carbonyl (C=O) groups is 1. The number of aromatic nitrogens is 2. The van der Waals surface area contributed by atoms with Crippen LogP contribution < -0.4 is 5.32 Å². The molecule has 0 amide bonds. The van der Waals surface area contributed by atoms with Crippen LogP contribution in [0, 0.1) is 17.3 Å². The molecule has 1 aliphatic carbocycles. The molecular weight excluding hydrogens is 290 g/mol. The van der Waals surface area contributed by atoms with E-state index >= 15 is 0 Å². The van der Waals surface area contributed by atoms with Crippen molar-refractivity contribution in [2.45, 2.75) is 66.2 Å². The summed E-state index contributed by atoms with van der Waals surface area (Å²) in [4.78, 5) is 12.3. The van der Waals surface area contributed by atoms with E-state index in [-0.39, 0.29) is 17.3 Å². The van der Waals surface area contributed by atoms with Crippen molar-refractivity contribution in [3.63, 3.8) is 0 Å². The molecule has 1 saturated carbocycles. The number of rotatable bonds is 6. The fourth-order valence-electron chi connectivity index (χ4n) is 3.56. The van der Waals surface area contributed by atoms with Crippen LogP contribution in [0.4, 0.5) is 0 Å². The van der Waals surface area contributed by atoms with Gasteiger partial charge in [-0.3, -0.25) is 9.48 Å². The Bertz CT molecular complexity index is 517. The molecule has 2 rings (SSSR count). The van der Waals surface area contributed by atoms with Crippen LogP contribution in [0.25, 0.3) is 0 Å². The molecule has 1 aromatic heterocycles. The van der Waals surface area contributed by atoms with Crippen molar-refractivity contribution in [1.82, 2.24) is 15.1 Å². The molecule has 0 aliphatic heterocycles. The van der Waals surface area contributed by atoms with E-state index in [2.05, 4.69) is 31.2 Å². The van der Waals surface area contributed by atoms with Crippen molar-refractivity contribution in [1.29, 1.82) is 0 Å². The number of hydrogen-bond acceptors (Lipinski definition) is 4. The Hall–Kier alpha value is -1.36. The number of nitrogens with zero attached hydrogens (tertiary/aromatic N) is 2. The van der Waals surface area contributed by atoms with E-state index in [1.54, 1.807) is 6.20 Å². The largest absolute Gasteiger partial charge is 0.460 e. The van der Waals surface area contributed by atoms with Crippen LogP contribution >= 0.6 is 0 Å². The third-order valence-corrected chi connectivity index (χ3v) is 5.00. The first-order chi connectivity index (χ1) is 10.6. The molecule has 5 heteroatoms. The van der Waals surface area contributed by atoms with E-state index in [0.29, 0.717) is 12.0 Å². The van der Waals surface area contributed by atoms with E-state index in [0.717, 1.165) is 19.5 Å². The van der Waals surface area contributed by atoms with Crippen LogP contribution in [-0.4, -0.2) is 33.9 Å². The molecule has 1 fully saturated rings. The first-order valence-corrected chi connectivity index (χ1v) is 8.55. The van der Waals surface area contributed by atoms with Gasteiger partial charge in [-0.2, -0.15) is 5.10 Å². The Labute approximate surface area is 139 Å². The quantitative estimate of drug-likeness (QED) is 0.819. The SMILES string of the molecule is CC(NCCn1cccn1)[C@@H]1C[C@H](C(=O)OC(C)(C)C)C1(C)C. The standard InChI is InChI=1S/C18H31N3O2/c1-13(19-9-11-21-10-7-8-20-21)14-12-15(18(14,5)6)16(22)23-17(2,3)4/h7-8,10,13-15,19H,9,11-12H2,1-6H3/t13?,14-,15+/m0/s1. The second kappa shape index (κ2) is 6.63. The summed E-state index contributed by atoms with van der Waals surface area (Å²) in [6.07, 6.45) is 4.67. The monoisotopic (exact) mass is 321 g/mol. The van der Waals surface area contributed by atoms with Crippen LogP contribution in [0.2, 0.25) is 0 Å². The maximum atomic E-state index is 12.3. The van der Waals surface area contributed by atoms with Crippen LogP contribution in [0.15, 0.2) is 18.5 Å². The first kappa shape index (κ1) is 18.0. The molecule has 0 aromatic carbocycles. The lowest BCUT2D eigenvalue weighted by Crippen LogP contribution is -2.57. The predicted molar refractivity (Wildman–Crippen MR) is 90.9 cm³/mol. The molecule has 0 bridgehead atoms. The molecule has 3 atom stereocenters. The van der Waals surface area contributed by atoms with Gasteiger partial charge in [0.15, 0.2) is 0 Å². The van der Waals surface area contributed by atoms with Gasteiger partial charge in [-0.15, -0.1) is 0 Å². The summed E-state index contributed by atoms with van der Waals surface area (Å²) < 4.78 is 7.49. The summed E-state index contributed by atoms with van der Waals surface area (Å²) in [6.45, 7) is 14.1. The molecular formula is C18H31N3O2. The summed E-state index contributed by atoms with van der Waals surface area (Å²) in [5, 5.41) is 7.78. The van der Waals surface area contributed by atoms with Gasteiger partial charge in [-0.25, -0.2) is 0 Å². The van der Waals surface area contributed by atoms with Gasteiger partial charge in [-0.05, 0) is 51.5 Å². The second-order valence-electron chi connectivity index (χ2n) is 8.26. The zero-order valence-electron chi connectivity index (χ0n) is 15.3. The van der Waals surface area contributed by atoms with Gasteiger partial charge >= 0.3 is 5.97 Å². The summed E-state index contributed by atoms with van der Waals surface area (Å²) in [5.41, 5.74) is -0.438. The lowest BCUT2D eigenvalue weighted by Gasteiger charge is -2.53. The number of esters is 1. The van der Waals surface area contributed by atoms with Gasteiger partial charge in [0, 0.05) is 25.0 Å². The number of ether oxygens (including phenoxy) is 1. The zero-order valence-corrected chi connectivity index (χ0v) is 15.3. The van der Waals surface area contributed by atoms with Crippen LogP contribution in [0.3, 0.4) is 0 Å². The van der Waals surface area contributed by atoms with Gasteiger partial charge in [0.1, 0.15) is 5.60 Å². The summed E-state index contributed by atoms with van der Waals surface area (Å²) in [6, 6.07) is 2.31. The second-order valence-corrected chi connectivity index (χ2v) is 8.26. The first-order valence-electron chi connectivity index (χ1n) is 8.55. The van der Waals surface area contributed by atoms with Gasteiger partial charge in [0.05, 0.1) is 12.5 Å². The predicted octanol–water partition coefficient (Wildman–Crippen LogP) is 2.87. The van der Waals surface area contributed by atoms with Gasteiger partial charge in [0.2, 0.25) is 0 Å². The Morgan fingerprint density at radius 3 is 2.70 bits per heavy atom. The Balaban J connectivity index is 1.81. The number of nitrogens with one attached hydrogen (secondary N) is 1. The van der Waals surface area contributed by atoms with Crippen molar-refractivity contribution in [3.8, 4) is 0 Å². The fourth-order valence-corrected chi connectivity index (χ4v) is 3.56. The highest BCUT2D eigenvalue weighted by Gasteiger charge is 2.54. The smallest absolute Gasteiger partial charge is 0.310 e. The topological polar surface area (TPSA) is 56.2 Å². The van der Waals surface area contributed by atoms with Crippen molar-refractivity contribution in [2.75, 3.05) is 6.54 Å². The maximum absolute atomic E-state index is 12.3. The van der Waals surface area contributed by atoms with E-state index in [4.69, 9.17) is 4.74 Å². The van der Waals surface area contributed by atoms with Crippen LogP contribution in [0.5, 0.6) is 0 Å². The summed E-state index contributed by atoms with van der Waals surface area (Å²) >= 11 is 0. The minimum atomic E-state index is -0.411. The van der Waals surface area contributed by atoms with Gasteiger partial charge in [0.25, 0.3) is 0 Å². The maximum Gasteiger partial charge on any atom is 0.310 e. The number of hydrogen-bond donors (Lipinski definition) is 1. The highest BCUT2D eigenvalue weighted by atomic mass is 16.6. The lowest BCUT2D eigenvalue weighted by molar-refractivity contribution is -0.178.